The summed E-state index contributed by atoms with van der Waals surface area (Å²) in [4.78, 5) is 0. The summed E-state index contributed by atoms with van der Waals surface area (Å²) in [5, 5.41) is 3.49. The average Bonchev–Trinajstić information content (AvgIpc) is 2.87. The zero-order chi connectivity index (χ0) is 22.7. The highest BCUT2D eigenvalue weighted by Crippen LogP contribution is 2.30. The minimum Gasteiger partial charge on any atom is -0.494 e. The van der Waals surface area contributed by atoms with Crippen LogP contribution in [0.25, 0.3) is 0 Å². The summed E-state index contributed by atoms with van der Waals surface area (Å²) in [6.07, 6.45) is 2.13. The number of hydrogen-bond acceptors (Lipinski definition) is 4. The van der Waals surface area contributed by atoms with Crippen LogP contribution in [0, 0.1) is 6.92 Å². The Morgan fingerprint density at radius 3 is 2.41 bits per heavy atom. The Kier molecular flexibility index (Phi) is 10.9. The molecule has 1 N–H and O–H groups in total. The van der Waals surface area contributed by atoms with Crippen LogP contribution in [-0.4, -0.2) is 32.4 Å². The maximum atomic E-state index is 6.37. The molecule has 1 aliphatic heterocycles. The Balaban J connectivity index is 0.00000324. The van der Waals surface area contributed by atoms with Crippen molar-refractivity contribution in [2.75, 3.05) is 26.3 Å². The molecule has 1 heterocycles. The summed E-state index contributed by atoms with van der Waals surface area (Å²) < 4.78 is 18.0. The van der Waals surface area contributed by atoms with Gasteiger partial charge in [0.25, 0.3) is 0 Å². The number of halogens is 1. The van der Waals surface area contributed by atoms with E-state index in [-0.39, 0.29) is 18.5 Å². The van der Waals surface area contributed by atoms with Crippen LogP contribution in [-0.2, 0) is 22.7 Å². The van der Waals surface area contributed by atoms with Gasteiger partial charge >= 0.3 is 0 Å². The Morgan fingerprint density at radius 2 is 1.62 bits per heavy atom. The first-order valence-corrected chi connectivity index (χ1v) is 12.0. The molecule has 0 aromatic heterocycles. The summed E-state index contributed by atoms with van der Waals surface area (Å²) in [5.41, 5.74) is 5.07. The topological polar surface area (TPSA) is 39.7 Å². The lowest BCUT2D eigenvalue weighted by molar-refractivity contribution is 0.0104. The Hall–Kier alpha value is -2.37. The molecule has 182 valence electrons. The largest absolute Gasteiger partial charge is 0.494 e. The molecule has 1 saturated heterocycles. The Bertz CT molecular complexity index is 965. The van der Waals surface area contributed by atoms with E-state index in [9.17, 15) is 0 Å². The molecule has 0 bridgehead atoms. The number of piperidine rings is 1. The first-order chi connectivity index (χ1) is 16.3. The fraction of sp³-hybridized carbons (Fsp3) is 0.379. The molecule has 0 spiro atoms. The lowest BCUT2D eigenvalue weighted by atomic mass is 9.87. The highest BCUT2D eigenvalue weighted by Gasteiger charge is 2.27. The third kappa shape index (κ3) is 7.85. The molecule has 1 aliphatic rings. The second-order valence-corrected chi connectivity index (χ2v) is 8.68. The lowest BCUT2D eigenvalue weighted by Gasteiger charge is -2.32. The standard InChI is InChI=1S/C29H35NO3.ClH/c1-23-8-5-6-11-26(23)22-33-29-20-30-17-16-28(29)25-12-14-27(15-13-25)32-19-7-18-31-21-24-9-3-2-4-10-24;/h2-6,8-15,28-30H,7,16-22H2,1H3;1H. The van der Waals surface area contributed by atoms with E-state index in [1.54, 1.807) is 0 Å². The molecular weight excluding hydrogens is 446 g/mol. The van der Waals surface area contributed by atoms with Gasteiger partial charge in [0.2, 0.25) is 0 Å². The van der Waals surface area contributed by atoms with E-state index in [0.29, 0.717) is 32.3 Å². The smallest absolute Gasteiger partial charge is 0.119 e. The number of rotatable bonds is 11. The maximum Gasteiger partial charge on any atom is 0.119 e. The zero-order valence-electron chi connectivity index (χ0n) is 20.0. The molecule has 34 heavy (non-hydrogen) atoms. The van der Waals surface area contributed by atoms with E-state index in [4.69, 9.17) is 14.2 Å². The predicted molar refractivity (Wildman–Crippen MR) is 140 cm³/mol. The average molecular weight is 482 g/mol. The van der Waals surface area contributed by atoms with Crippen LogP contribution in [0.3, 0.4) is 0 Å². The summed E-state index contributed by atoms with van der Waals surface area (Å²) in [5.74, 6) is 1.31. The lowest BCUT2D eigenvalue weighted by Crippen LogP contribution is -2.41. The molecule has 3 aromatic rings. The number of benzene rings is 3. The fourth-order valence-corrected chi connectivity index (χ4v) is 4.28. The molecule has 5 heteroatoms. The number of ether oxygens (including phenoxy) is 3. The number of nitrogens with one attached hydrogen (secondary N) is 1. The summed E-state index contributed by atoms with van der Waals surface area (Å²) in [7, 11) is 0. The van der Waals surface area contributed by atoms with Crippen LogP contribution in [0.15, 0.2) is 78.9 Å². The van der Waals surface area contributed by atoms with Gasteiger partial charge in [-0.15, -0.1) is 12.4 Å². The van der Waals surface area contributed by atoms with Gasteiger partial charge in [-0.05, 0) is 54.3 Å². The molecule has 0 radical (unpaired) electrons. The van der Waals surface area contributed by atoms with Gasteiger partial charge in [-0.2, -0.15) is 0 Å². The molecular formula is C29H36ClNO3. The molecule has 2 atom stereocenters. The van der Waals surface area contributed by atoms with Crippen molar-refractivity contribution in [2.45, 2.75) is 45.0 Å². The maximum absolute atomic E-state index is 6.37. The zero-order valence-corrected chi connectivity index (χ0v) is 20.8. The van der Waals surface area contributed by atoms with Crippen molar-refractivity contribution < 1.29 is 14.2 Å². The summed E-state index contributed by atoms with van der Waals surface area (Å²) in [6.45, 7) is 6.71. The Morgan fingerprint density at radius 1 is 0.853 bits per heavy atom. The van der Waals surface area contributed by atoms with Crippen molar-refractivity contribution in [3.63, 3.8) is 0 Å². The van der Waals surface area contributed by atoms with Crippen molar-refractivity contribution in [1.29, 1.82) is 0 Å². The van der Waals surface area contributed by atoms with Crippen molar-refractivity contribution in [2.24, 2.45) is 0 Å². The van der Waals surface area contributed by atoms with Crippen molar-refractivity contribution in [3.8, 4) is 5.75 Å². The van der Waals surface area contributed by atoms with E-state index in [0.717, 1.165) is 31.7 Å². The van der Waals surface area contributed by atoms with E-state index in [2.05, 4.69) is 72.9 Å². The number of hydrogen-bond donors (Lipinski definition) is 1. The van der Waals surface area contributed by atoms with Crippen molar-refractivity contribution in [3.05, 3.63) is 101 Å². The first-order valence-electron chi connectivity index (χ1n) is 12.0. The first kappa shape index (κ1) is 26.2. The summed E-state index contributed by atoms with van der Waals surface area (Å²) >= 11 is 0. The molecule has 0 saturated carbocycles. The molecule has 1 fully saturated rings. The minimum atomic E-state index is 0. The number of aryl methyl sites for hydroxylation is 1. The molecule has 4 nitrogen and oxygen atoms in total. The predicted octanol–water partition coefficient (Wildman–Crippen LogP) is 6.06. The molecule has 3 aromatic carbocycles. The quantitative estimate of drug-likeness (QED) is 0.338. The van der Waals surface area contributed by atoms with Gasteiger partial charge < -0.3 is 19.5 Å². The van der Waals surface area contributed by atoms with Gasteiger partial charge in [0.1, 0.15) is 5.75 Å². The monoisotopic (exact) mass is 481 g/mol. The van der Waals surface area contributed by atoms with Gasteiger partial charge in [-0.3, -0.25) is 0 Å². The van der Waals surface area contributed by atoms with E-state index < -0.39 is 0 Å². The SMILES string of the molecule is Cc1ccccc1COC1CNCCC1c1ccc(OCCCOCc2ccccc2)cc1.Cl. The molecule has 0 aliphatic carbocycles. The van der Waals surface area contributed by atoms with Crippen LogP contribution >= 0.6 is 12.4 Å². The molecule has 4 rings (SSSR count). The van der Waals surface area contributed by atoms with Crippen molar-refractivity contribution in [1.82, 2.24) is 5.32 Å². The highest BCUT2D eigenvalue weighted by molar-refractivity contribution is 5.85. The van der Waals surface area contributed by atoms with Crippen LogP contribution in [0.5, 0.6) is 5.75 Å². The van der Waals surface area contributed by atoms with Gasteiger partial charge in [-0.1, -0.05) is 66.7 Å². The van der Waals surface area contributed by atoms with E-state index in [1.165, 1.54) is 22.3 Å². The molecule has 0 amide bonds. The second-order valence-electron chi connectivity index (χ2n) is 8.68. The fourth-order valence-electron chi connectivity index (χ4n) is 4.28. The van der Waals surface area contributed by atoms with E-state index >= 15 is 0 Å². The van der Waals surface area contributed by atoms with Gasteiger partial charge in [-0.25, -0.2) is 0 Å². The molecule has 2 unspecified atom stereocenters. The third-order valence-electron chi connectivity index (χ3n) is 6.26. The van der Waals surface area contributed by atoms with Gasteiger partial charge in [0.15, 0.2) is 0 Å². The van der Waals surface area contributed by atoms with Crippen LogP contribution in [0.1, 0.15) is 41.0 Å². The van der Waals surface area contributed by atoms with E-state index in [1.807, 2.05) is 18.2 Å². The van der Waals surface area contributed by atoms with Crippen molar-refractivity contribution >= 4 is 12.4 Å². The second kappa shape index (κ2) is 14.1. The van der Waals surface area contributed by atoms with Crippen LogP contribution < -0.4 is 10.1 Å². The van der Waals surface area contributed by atoms with Gasteiger partial charge in [0, 0.05) is 18.9 Å². The normalized spacial score (nSPS) is 17.7. The highest BCUT2D eigenvalue weighted by atomic mass is 35.5. The summed E-state index contributed by atoms with van der Waals surface area (Å²) in [6, 6.07) is 27.3. The van der Waals surface area contributed by atoms with Crippen LogP contribution in [0.2, 0.25) is 0 Å². The Labute approximate surface area is 210 Å². The van der Waals surface area contributed by atoms with Gasteiger partial charge in [0.05, 0.1) is 32.5 Å². The van der Waals surface area contributed by atoms with Crippen LogP contribution in [0.4, 0.5) is 0 Å². The third-order valence-corrected chi connectivity index (χ3v) is 6.26. The minimum absolute atomic E-state index is 0.